The van der Waals surface area contributed by atoms with Crippen molar-refractivity contribution in [1.29, 1.82) is 0 Å². The van der Waals surface area contributed by atoms with Gasteiger partial charge in [0.2, 0.25) is 0 Å². The van der Waals surface area contributed by atoms with Gasteiger partial charge in [0.1, 0.15) is 0 Å². The summed E-state index contributed by atoms with van der Waals surface area (Å²) in [6, 6.07) is 0.416. The van der Waals surface area contributed by atoms with Crippen molar-refractivity contribution in [2.24, 2.45) is 0 Å². The third-order valence-corrected chi connectivity index (χ3v) is 3.48. The third kappa shape index (κ3) is 5.85. The molecule has 0 aliphatic rings. The quantitative estimate of drug-likeness (QED) is 0.681. The third-order valence-electron chi connectivity index (χ3n) is 3.48. The number of nitrogens with one attached hydrogen (secondary N) is 2. The van der Waals surface area contributed by atoms with Gasteiger partial charge in [-0.3, -0.25) is 14.3 Å². The Morgan fingerprint density at radius 3 is 2.52 bits per heavy atom. The highest BCUT2D eigenvalue weighted by Crippen LogP contribution is 2.05. The van der Waals surface area contributed by atoms with E-state index in [0.29, 0.717) is 31.3 Å². The first-order chi connectivity index (χ1) is 10.1. The number of aromatic amines is 1. The molecule has 1 heterocycles. The van der Waals surface area contributed by atoms with E-state index in [9.17, 15) is 9.59 Å². The van der Waals surface area contributed by atoms with Crippen molar-refractivity contribution in [3.63, 3.8) is 0 Å². The Bertz CT molecular complexity index is 516. The maximum Gasteiger partial charge on any atom is 0.328 e. The van der Waals surface area contributed by atoms with Gasteiger partial charge in [0.05, 0.1) is 13.2 Å². The molecule has 1 aromatic rings. The first-order valence-corrected chi connectivity index (χ1v) is 7.67. The van der Waals surface area contributed by atoms with E-state index in [0.717, 1.165) is 25.7 Å². The zero-order valence-electron chi connectivity index (χ0n) is 13.3. The lowest BCUT2D eigenvalue weighted by Gasteiger charge is -2.17. The zero-order chi connectivity index (χ0) is 15.7. The molecule has 1 aromatic heterocycles. The Morgan fingerprint density at radius 2 is 1.95 bits per heavy atom. The highest BCUT2D eigenvalue weighted by atomic mass is 16.5. The van der Waals surface area contributed by atoms with Crippen LogP contribution >= 0.6 is 0 Å². The van der Waals surface area contributed by atoms with E-state index in [4.69, 9.17) is 4.74 Å². The monoisotopic (exact) mass is 297 g/mol. The Balaban J connectivity index is 2.77. The van der Waals surface area contributed by atoms with E-state index in [1.165, 1.54) is 4.57 Å². The number of rotatable bonds is 10. The maximum absolute atomic E-state index is 11.9. The molecule has 0 saturated heterocycles. The van der Waals surface area contributed by atoms with Gasteiger partial charge in [0.25, 0.3) is 5.56 Å². The van der Waals surface area contributed by atoms with Gasteiger partial charge in [-0.1, -0.05) is 26.7 Å². The van der Waals surface area contributed by atoms with Crippen LogP contribution < -0.4 is 16.6 Å². The second-order valence-electron chi connectivity index (χ2n) is 5.25. The van der Waals surface area contributed by atoms with Crippen LogP contribution in [0, 0.1) is 0 Å². The van der Waals surface area contributed by atoms with Crippen molar-refractivity contribution in [2.45, 2.75) is 58.7 Å². The summed E-state index contributed by atoms with van der Waals surface area (Å²) in [5, 5.41) is 3.41. The first kappa shape index (κ1) is 17.7. The average Bonchev–Trinajstić information content (AvgIpc) is 2.45. The minimum atomic E-state index is -0.389. The van der Waals surface area contributed by atoms with Crippen LogP contribution in [0.4, 0.5) is 0 Å². The van der Waals surface area contributed by atoms with Crippen LogP contribution in [0.15, 0.2) is 15.8 Å². The largest absolute Gasteiger partial charge is 0.383 e. The van der Waals surface area contributed by atoms with Crippen molar-refractivity contribution in [1.82, 2.24) is 14.9 Å². The number of nitrogens with zero attached hydrogens (tertiary/aromatic N) is 1. The molecule has 0 aliphatic carbocycles. The standard InChI is InChI=1S/C15H27N3O3/c1-4-6-13(7-5-2)16-10-12-11-18(8-9-21-3)15(20)17-14(12)19/h11,13,16H,4-10H2,1-3H3,(H,17,19,20). The SMILES string of the molecule is CCCC(CCC)NCc1cn(CCOC)c(=O)[nH]c1=O. The molecule has 0 radical (unpaired) electrons. The molecule has 1 rings (SSSR count). The molecule has 0 spiro atoms. The summed E-state index contributed by atoms with van der Waals surface area (Å²) in [5.74, 6) is 0. The number of hydrogen-bond acceptors (Lipinski definition) is 4. The Labute approximate surface area is 125 Å². The smallest absolute Gasteiger partial charge is 0.328 e. The molecule has 6 heteroatoms. The van der Waals surface area contributed by atoms with Crippen molar-refractivity contribution < 1.29 is 4.74 Å². The number of ether oxygens (including phenoxy) is 1. The Hall–Kier alpha value is -1.40. The minimum absolute atomic E-state index is 0.312. The van der Waals surface area contributed by atoms with E-state index >= 15 is 0 Å². The lowest BCUT2D eigenvalue weighted by molar-refractivity contribution is 0.185. The van der Waals surface area contributed by atoms with Crippen LogP contribution in [0.3, 0.4) is 0 Å². The molecule has 6 nitrogen and oxygen atoms in total. The molecular formula is C15H27N3O3. The van der Waals surface area contributed by atoms with E-state index in [2.05, 4.69) is 24.1 Å². The van der Waals surface area contributed by atoms with Gasteiger partial charge in [0, 0.05) is 31.5 Å². The van der Waals surface area contributed by atoms with Crippen molar-refractivity contribution in [3.8, 4) is 0 Å². The van der Waals surface area contributed by atoms with Crippen molar-refractivity contribution in [3.05, 3.63) is 32.6 Å². The van der Waals surface area contributed by atoms with Crippen molar-refractivity contribution in [2.75, 3.05) is 13.7 Å². The molecule has 21 heavy (non-hydrogen) atoms. The summed E-state index contributed by atoms with van der Waals surface area (Å²) in [6.45, 7) is 5.66. The summed E-state index contributed by atoms with van der Waals surface area (Å²) >= 11 is 0. The number of hydrogen-bond donors (Lipinski definition) is 2. The number of H-pyrrole nitrogens is 1. The number of aromatic nitrogens is 2. The van der Waals surface area contributed by atoms with E-state index in [1.54, 1.807) is 13.3 Å². The van der Waals surface area contributed by atoms with E-state index in [-0.39, 0.29) is 11.2 Å². The molecule has 2 N–H and O–H groups in total. The summed E-state index contributed by atoms with van der Waals surface area (Å²) < 4.78 is 6.45. The van der Waals surface area contributed by atoms with Gasteiger partial charge in [-0.25, -0.2) is 4.79 Å². The highest BCUT2D eigenvalue weighted by Gasteiger charge is 2.09. The molecule has 0 saturated carbocycles. The lowest BCUT2D eigenvalue weighted by Crippen LogP contribution is -2.36. The second-order valence-corrected chi connectivity index (χ2v) is 5.25. The normalized spacial score (nSPS) is 11.2. The highest BCUT2D eigenvalue weighted by molar-refractivity contribution is 5.04. The predicted molar refractivity (Wildman–Crippen MR) is 83.6 cm³/mol. The van der Waals surface area contributed by atoms with Gasteiger partial charge < -0.3 is 10.1 Å². The van der Waals surface area contributed by atoms with E-state index < -0.39 is 0 Å². The van der Waals surface area contributed by atoms with E-state index in [1.807, 2.05) is 0 Å². The van der Waals surface area contributed by atoms with Crippen LogP contribution in [-0.4, -0.2) is 29.3 Å². The lowest BCUT2D eigenvalue weighted by atomic mass is 10.1. The molecular weight excluding hydrogens is 270 g/mol. The van der Waals surface area contributed by atoms with Crippen LogP contribution in [-0.2, 0) is 17.8 Å². The topological polar surface area (TPSA) is 76.1 Å². The van der Waals surface area contributed by atoms with Crippen LogP contribution in [0.5, 0.6) is 0 Å². The molecule has 0 aliphatic heterocycles. The Morgan fingerprint density at radius 1 is 1.29 bits per heavy atom. The van der Waals surface area contributed by atoms with Crippen LogP contribution in [0.2, 0.25) is 0 Å². The maximum atomic E-state index is 11.9. The molecule has 0 fully saturated rings. The summed E-state index contributed by atoms with van der Waals surface area (Å²) in [7, 11) is 1.58. The summed E-state index contributed by atoms with van der Waals surface area (Å²) in [6.07, 6.45) is 6.04. The molecule has 0 bridgehead atoms. The van der Waals surface area contributed by atoms with Crippen molar-refractivity contribution >= 4 is 0 Å². The molecule has 0 atom stereocenters. The molecule has 120 valence electrons. The Kier molecular flexibility index (Phi) is 8.00. The van der Waals surface area contributed by atoms with Crippen LogP contribution in [0.25, 0.3) is 0 Å². The average molecular weight is 297 g/mol. The zero-order valence-corrected chi connectivity index (χ0v) is 13.3. The molecule has 0 amide bonds. The van der Waals surface area contributed by atoms with Gasteiger partial charge in [-0.05, 0) is 12.8 Å². The van der Waals surface area contributed by atoms with Gasteiger partial charge in [0.15, 0.2) is 0 Å². The van der Waals surface area contributed by atoms with Gasteiger partial charge >= 0.3 is 5.69 Å². The predicted octanol–water partition coefficient (Wildman–Crippen LogP) is 1.24. The fourth-order valence-electron chi connectivity index (χ4n) is 2.34. The van der Waals surface area contributed by atoms with Gasteiger partial charge in [-0.2, -0.15) is 0 Å². The fourth-order valence-corrected chi connectivity index (χ4v) is 2.34. The summed E-state index contributed by atoms with van der Waals surface area (Å²) in [4.78, 5) is 25.9. The second kappa shape index (κ2) is 9.52. The molecule has 0 unspecified atom stereocenters. The minimum Gasteiger partial charge on any atom is -0.383 e. The van der Waals surface area contributed by atoms with Crippen LogP contribution in [0.1, 0.15) is 45.1 Å². The first-order valence-electron chi connectivity index (χ1n) is 7.67. The fraction of sp³-hybridized carbons (Fsp3) is 0.733. The van der Waals surface area contributed by atoms with Gasteiger partial charge in [-0.15, -0.1) is 0 Å². The molecule has 0 aromatic carbocycles. The summed E-state index contributed by atoms with van der Waals surface area (Å²) in [5.41, 5.74) is -0.115. The number of methoxy groups -OCH3 is 1.